The summed E-state index contributed by atoms with van der Waals surface area (Å²) in [4.78, 5) is 23.6. The maximum absolute atomic E-state index is 11.4. The summed E-state index contributed by atoms with van der Waals surface area (Å²) in [5.74, 6) is -0.371. The molecule has 2 rings (SSSR count). The Morgan fingerprint density at radius 1 is 1.38 bits per heavy atom. The lowest BCUT2D eigenvalue weighted by atomic mass is 9.91. The molecule has 0 bridgehead atoms. The highest BCUT2D eigenvalue weighted by molar-refractivity contribution is 6.34. The number of nitro benzene ring substituents is 1. The summed E-state index contributed by atoms with van der Waals surface area (Å²) in [6.07, 6.45) is 1.07. The number of carboxylic acids is 1. The van der Waals surface area contributed by atoms with Crippen LogP contribution in [0.2, 0.25) is 5.02 Å². The van der Waals surface area contributed by atoms with E-state index in [1.165, 1.54) is 6.07 Å². The van der Waals surface area contributed by atoms with Gasteiger partial charge in [-0.05, 0) is 18.3 Å². The average molecular weight is 313 g/mol. The number of carbonyl (C=O) groups is 1. The Morgan fingerprint density at radius 3 is 2.43 bits per heavy atom. The number of nitro groups is 1. The zero-order valence-electron chi connectivity index (χ0n) is 11.9. The van der Waals surface area contributed by atoms with Crippen LogP contribution in [0.15, 0.2) is 12.1 Å². The van der Waals surface area contributed by atoms with Gasteiger partial charge >= 0.3 is 5.97 Å². The molecule has 1 fully saturated rings. The zero-order chi connectivity index (χ0) is 15.7. The molecule has 0 aromatic heterocycles. The highest BCUT2D eigenvalue weighted by Crippen LogP contribution is 2.37. The second kappa shape index (κ2) is 5.89. The van der Waals surface area contributed by atoms with E-state index in [0.717, 1.165) is 12.5 Å². The molecule has 1 aromatic rings. The van der Waals surface area contributed by atoms with Crippen molar-refractivity contribution in [3.05, 3.63) is 32.8 Å². The normalized spacial score (nSPS) is 22.1. The van der Waals surface area contributed by atoms with Crippen molar-refractivity contribution in [3.63, 3.8) is 0 Å². The van der Waals surface area contributed by atoms with Crippen molar-refractivity contribution in [3.8, 4) is 0 Å². The van der Waals surface area contributed by atoms with E-state index in [2.05, 4.69) is 13.8 Å². The smallest absolute Gasteiger partial charge is 0.338 e. The fourth-order valence-electron chi connectivity index (χ4n) is 3.02. The number of anilines is 1. The van der Waals surface area contributed by atoms with Crippen molar-refractivity contribution < 1.29 is 14.8 Å². The summed E-state index contributed by atoms with van der Waals surface area (Å²) < 4.78 is 0. The van der Waals surface area contributed by atoms with Gasteiger partial charge in [-0.2, -0.15) is 0 Å². The topological polar surface area (TPSA) is 83.7 Å². The summed E-state index contributed by atoms with van der Waals surface area (Å²) in [6.45, 7) is 5.59. The van der Waals surface area contributed by atoms with E-state index >= 15 is 0 Å². The molecule has 1 heterocycles. The van der Waals surface area contributed by atoms with E-state index in [-0.39, 0.29) is 16.3 Å². The van der Waals surface area contributed by atoms with Crippen molar-refractivity contribution in [2.45, 2.75) is 20.3 Å². The third kappa shape index (κ3) is 3.26. The van der Waals surface area contributed by atoms with Gasteiger partial charge < -0.3 is 10.0 Å². The number of piperidine rings is 1. The van der Waals surface area contributed by atoms with Crippen molar-refractivity contribution >= 4 is 28.9 Å². The highest BCUT2D eigenvalue weighted by Gasteiger charge is 2.28. The molecule has 0 saturated carbocycles. The van der Waals surface area contributed by atoms with Crippen LogP contribution in [0.1, 0.15) is 30.6 Å². The summed E-state index contributed by atoms with van der Waals surface area (Å²) in [6, 6.07) is 2.29. The molecule has 1 aliphatic heterocycles. The molecule has 0 amide bonds. The van der Waals surface area contributed by atoms with Crippen molar-refractivity contribution in [2.24, 2.45) is 11.8 Å². The summed E-state index contributed by atoms with van der Waals surface area (Å²) in [7, 11) is 0. The Hall–Kier alpha value is -1.82. The monoisotopic (exact) mass is 312 g/mol. The molecule has 2 unspecified atom stereocenters. The minimum absolute atomic E-state index is 0.114. The highest BCUT2D eigenvalue weighted by atomic mass is 35.5. The van der Waals surface area contributed by atoms with Crippen LogP contribution >= 0.6 is 11.6 Å². The Bertz CT molecular complexity index is 581. The van der Waals surface area contributed by atoms with Gasteiger partial charge in [-0.15, -0.1) is 0 Å². The van der Waals surface area contributed by atoms with E-state index in [9.17, 15) is 20.0 Å². The molecular weight excluding hydrogens is 296 g/mol. The first-order chi connectivity index (χ1) is 9.79. The lowest BCUT2D eigenvalue weighted by molar-refractivity contribution is -0.384. The number of nitrogens with zero attached hydrogens (tertiary/aromatic N) is 2. The van der Waals surface area contributed by atoms with Gasteiger partial charge in [0.05, 0.1) is 21.2 Å². The second-order valence-corrected chi connectivity index (χ2v) is 6.14. The quantitative estimate of drug-likeness (QED) is 0.683. The first-order valence-corrected chi connectivity index (χ1v) is 7.13. The number of carboxylic acid groups (broad SMARTS) is 1. The third-order valence-corrected chi connectivity index (χ3v) is 3.96. The minimum atomic E-state index is -1.21. The van der Waals surface area contributed by atoms with Crippen LogP contribution in [-0.4, -0.2) is 29.1 Å². The van der Waals surface area contributed by atoms with Crippen LogP contribution in [-0.2, 0) is 0 Å². The van der Waals surface area contributed by atoms with E-state index < -0.39 is 10.9 Å². The number of aromatic carboxylic acids is 1. The Kier molecular flexibility index (Phi) is 4.37. The molecule has 7 heteroatoms. The van der Waals surface area contributed by atoms with E-state index in [4.69, 9.17) is 11.6 Å². The Labute approximate surface area is 127 Å². The predicted molar refractivity (Wildman–Crippen MR) is 80.2 cm³/mol. The molecule has 0 spiro atoms. The molecule has 1 aromatic carbocycles. The van der Waals surface area contributed by atoms with Gasteiger partial charge in [-0.25, -0.2) is 4.79 Å². The molecule has 1 aliphatic rings. The summed E-state index contributed by atoms with van der Waals surface area (Å²) in [5.41, 5.74) is -0.0390. The average Bonchev–Trinajstić information content (AvgIpc) is 2.36. The standard InChI is InChI=1S/C14H17ClN2O4/c1-8-3-9(2)7-16(6-8)13-11(14(18)19)4-10(17(20)21)5-12(13)15/h4-5,8-9H,3,6-7H2,1-2H3,(H,18,19). The van der Waals surface area contributed by atoms with E-state index in [1.54, 1.807) is 0 Å². The second-order valence-electron chi connectivity index (χ2n) is 5.74. The van der Waals surface area contributed by atoms with Gasteiger partial charge in [0, 0.05) is 25.2 Å². The number of rotatable bonds is 3. The Morgan fingerprint density at radius 2 is 1.95 bits per heavy atom. The van der Waals surface area contributed by atoms with E-state index in [0.29, 0.717) is 30.6 Å². The molecular formula is C14H17ClN2O4. The number of hydrogen-bond acceptors (Lipinski definition) is 4. The number of hydrogen-bond donors (Lipinski definition) is 1. The lowest BCUT2D eigenvalue weighted by Gasteiger charge is -2.37. The summed E-state index contributed by atoms with van der Waals surface area (Å²) >= 11 is 6.14. The molecule has 0 aliphatic carbocycles. The van der Waals surface area contributed by atoms with Crippen molar-refractivity contribution in [1.82, 2.24) is 0 Å². The lowest BCUT2D eigenvalue weighted by Crippen LogP contribution is -2.39. The largest absolute Gasteiger partial charge is 0.478 e. The predicted octanol–water partition coefficient (Wildman–Crippen LogP) is 3.43. The number of non-ortho nitro benzene ring substituents is 1. The molecule has 6 nitrogen and oxygen atoms in total. The third-order valence-electron chi connectivity index (χ3n) is 3.67. The van der Waals surface area contributed by atoms with Gasteiger partial charge in [0.1, 0.15) is 0 Å². The number of halogens is 1. The van der Waals surface area contributed by atoms with Crippen LogP contribution in [0.25, 0.3) is 0 Å². The summed E-state index contributed by atoms with van der Waals surface area (Å²) in [5, 5.41) is 20.3. The van der Waals surface area contributed by atoms with Gasteiger partial charge in [0.15, 0.2) is 0 Å². The fourth-order valence-corrected chi connectivity index (χ4v) is 3.35. The van der Waals surface area contributed by atoms with Crippen LogP contribution in [0.3, 0.4) is 0 Å². The molecule has 114 valence electrons. The van der Waals surface area contributed by atoms with Gasteiger partial charge in [-0.1, -0.05) is 25.4 Å². The first kappa shape index (κ1) is 15.6. The van der Waals surface area contributed by atoms with Crippen molar-refractivity contribution in [1.29, 1.82) is 0 Å². The molecule has 1 saturated heterocycles. The van der Waals surface area contributed by atoms with Crippen LogP contribution < -0.4 is 4.90 Å². The molecule has 1 N–H and O–H groups in total. The minimum Gasteiger partial charge on any atom is -0.478 e. The molecule has 2 atom stereocenters. The maximum Gasteiger partial charge on any atom is 0.338 e. The van der Waals surface area contributed by atoms with Crippen LogP contribution in [0, 0.1) is 22.0 Å². The van der Waals surface area contributed by atoms with Crippen molar-refractivity contribution in [2.75, 3.05) is 18.0 Å². The number of benzene rings is 1. The van der Waals surface area contributed by atoms with Gasteiger partial charge in [-0.3, -0.25) is 10.1 Å². The van der Waals surface area contributed by atoms with Gasteiger partial charge in [0.25, 0.3) is 5.69 Å². The zero-order valence-corrected chi connectivity index (χ0v) is 12.6. The van der Waals surface area contributed by atoms with Crippen LogP contribution in [0.5, 0.6) is 0 Å². The molecule has 21 heavy (non-hydrogen) atoms. The molecule has 0 radical (unpaired) electrons. The Balaban J connectivity index is 2.51. The first-order valence-electron chi connectivity index (χ1n) is 6.75. The fraction of sp³-hybridized carbons (Fsp3) is 0.500. The van der Waals surface area contributed by atoms with Crippen LogP contribution in [0.4, 0.5) is 11.4 Å². The maximum atomic E-state index is 11.4. The van der Waals surface area contributed by atoms with Gasteiger partial charge in [0.2, 0.25) is 0 Å². The van der Waals surface area contributed by atoms with E-state index in [1.807, 2.05) is 4.90 Å². The SMILES string of the molecule is CC1CC(C)CN(c2c(Cl)cc([N+](=O)[O-])cc2C(=O)O)C1.